The quantitative estimate of drug-likeness (QED) is 0.211. The largest absolute Gasteiger partial charge is 0.493 e. The number of fused-ring (bicyclic) bond motifs is 1. The Morgan fingerprint density at radius 1 is 1.15 bits per heavy atom. The third-order valence-corrected chi connectivity index (χ3v) is 8.39. The van der Waals surface area contributed by atoms with E-state index in [1.54, 1.807) is 36.8 Å². The van der Waals surface area contributed by atoms with Crippen LogP contribution in [0, 0.1) is 14.9 Å². The number of thiazole rings is 1. The average molecular weight is 678 g/mol. The van der Waals surface area contributed by atoms with Gasteiger partial charge in [-0.3, -0.25) is 9.36 Å². The van der Waals surface area contributed by atoms with Crippen molar-refractivity contribution in [3.05, 3.63) is 124 Å². The Balaban J connectivity index is 1.57. The van der Waals surface area contributed by atoms with E-state index in [9.17, 15) is 14.9 Å². The predicted molar refractivity (Wildman–Crippen MR) is 163 cm³/mol. The lowest BCUT2D eigenvalue weighted by Crippen LogP contribution is -2.39. The molecule has 1 aliphatic heterocycles. The molecule has 5 rings (SSSR count). The fourth-order valence-corrected chi connectivity index (χ4v) is 6.49. The normalized spacial score (nSPS) is 14.6. The standard InChI is InChI=1S/C31H24IN3O5S/c1-18-26(30(37)39-3)27(20-9-5-4-6-10-20)35-29(36)25(41-31(35)34-18)15-19-13-23(32)28(24(14-19)38-2)40-17-22-12-8-7-11-21(22)16-33/h4-15,27H,17H2,1-3H3. The van der Waals surface area contributed by atoms with E-state index >= 15 is 0 Å². The third-order valence-electron chi connectivity index (χ3n) is 6.60. The maximum absolute atomic E-state index is 13.8. The van der Waals surface area contributed by atoms with Crippen molar-refractivity contribution < 1.29 is 19.0 Å². The van der Waals surface area contributed by atoms with Crippen molar-refractivity contribution in [2.75, 3.05) is 14.2 Å². The lowest BCUT2D eigenvalue weighted by atomic mass is 9.96. The van der Waals surface area contributed by atoms with E-state index in [4.69, 9.17) is 14.2 Å². The molecule has 10 heteroatoms. The number of aromatic nitrogens is 1. The van der Waals surface area contributed by atoms with Gasteiger partial charge in [-0.2, -0.15) is 5.26 Å². The smallest absolute Gasteiger partial charge is 0.338 e. The molecule has 1 aromatic heterocycles. The van der Waals surface area contributed by atoms with Crippen LogP contribution in [0.25, 0.3) is 6.08 Å². The number of carbonyl (C=O) groups is 1. The molecule has 0 N–H and O–H groups in total. The van der Waals surface area contributed by atoms with Crippen molar-refractivity contribution in [3.8, 4) is 17.6 Å². The van der Waals surface area contributed by atoms with Gasteiger partial charge in [0.15, 0.2) is 16.3 Å². The van der Waals surface area contributed by atoms with E-state index in [0.29, 0.717) is 37.7 Å². The van der Waals surface area contributed by atoms with Gasteiger partial charge < -0.3 is 14.2 Å². The van der Waals surface area contributed by atoms with E-state index < -0.39 is 12.0 Å². The number of hydrogen-bond donors (Lipinski definition) is 0. The highest BCUT2D eigenvalue weighted by atomic mass is 127. The van der Waals surface area contributed by atoms with E-state index in [2.05, 4.69) is 33.7 Å². The molecule has 3 aromatic carbocycles. The van der Waals surface area contributed by atoms with Gasteiger partial charge in [0.2, 0.25) is 0 Å². The van der Waals surface area contributed by atoms with Crippen molar-refractivity contribution in [1.29, 1.82) is 5.26 Å². The number of halogens is 1. The summed E-state index contributed by atoms with van der Waals surface area (Å²) in [5, 5.41) is 9.39. The predicted octanol–water partition coefficient (Wildman–Crippen LogP) is 4.47. The summed E-state index contributed by atoms with van der Waals surface area (Å²) in [6.07, 6.45) is 1.78. The molecule has 0 spiro atoms. The highest BCUT2D eigenvalue weighted by Crippen LogP contribution is 2.35. The Kier molecular flexibility index (Phi) is 8.37. The Morgan fingerprint density at radius 2 is 1.88 bits per heavy atom. The lowest BCUT2D eigenvalue weighted by molar-refractivity contribution is -0.136. The van der Waals surface area contributed by atoms with Gasteiger partial charge in [-0.25, -0.2) is 9.79 Å². The number of allylic oxidation sites excluding steroid dienone is 1. The zero-order valence-electron chi connectivity index (χ0n) is 22.4. The minimum atomic E-state index is -0.663. The number of benzene rings is 3. The van der Waals surface area contributed by atoms with Gasteiger partial charge in [-0.1, -0.05) is 59.9 Å². The van der Waals surface area contributed by atoms with Gasteiger partial charge in [-0.05, 0) is 64.9 Å². The Bertz CT molecular complexity index is 1900. The number of methoxy groups -OCH3 is 2. The number of nitriles is 1. The summed E-state index contributed by atoms with van der Waals surface area (Å²) in [6.45, 7) is 1.95. The number of rotatable bonds is 7. The highest BCUT2D eigenvalue weighted by molar-refractivity contribution is 14.1. The molecule has 0 saturated carbocycles. The first-order chi connectivity index (χ1) is 19.9. The topological polar surface area (TPSA) is 103 Å². The molecule has 0 amide bonds. The fourth-order valence-electron chi connectivity index (χ4n) is 4.66. The van der Waals surface area contributed by atoms with E-state index in [1.807, 2.05) is 54.6 Å². The number of hydrogen-bond acceptors (Lipinski definition) is 8. The average Bonchev–Trinajstić information content (AvgIpc) is 3.29. The SMILES string of the molecule is COC(=O)C1=C(C)N=c2sc(=Cc3cc(I)c(OCc4ccccc4C#N)c(OC)c3)c(=O)n2C1c1ccccc1. The molecule has 0 radical (unpaired) electrons. The number of esters is 1. The first-order valence-corrected chi connectivity index (χ1v) is 14.4. The van der Waals surface area contributed by atoms with E-state index in [0.717, 1.165) is 20.3 Å². The fraction of sp³-hybridized carbons (Fsp3) is 0.161. The van der Waals surface area contributed by atoms with Crippen molar-refractivity contribution in [2.24, 2.45) is 4.99 Å². The molecule has 0 fully saturated rings. The summed E-state index contributed by atoms with van der Waals surface area (Å²) in [7, 11) is 2.87. The molecular formula is C31H24IN3O5S. The molecule has 4 aromatic rings. The second-order valence-corrected chi connectivity index (χ2v) is 11.2. The van der Waals surface area contributed by atoms with Gasteiger partial charge in [0.25, 0.3) is 5.56 Å². The Labute approximate surface area is 253 Å². The van der Waals surface area contributed by atoms with Crippen molar-refractivity contribution in [1.82, 2.24) is 4.57 Å². The molecule has 1 aliphatic rings. The minimum absolute atomic E-state index is 0.204. The van der Waals surface area contributed by atoms with Crippen LogP contribution < -0.4 is 24.4 Å². The summed E-state index contributed by atoms with van der Waals surface area (Å²) in [4.78, 5) is 31.7. The maximum Gasteiger partial charge on any atom is 0.338 e. The summed E-state index contributed by atoms with van der Waals surface area (Å²) >= 11 is 3.42. The van der Waals surface area contributed by atoms with Crippen molar-refractivity contribution in [3.63, 3.8) is 0 Å². The summed E-state index contributed by atoms with van der Waals surface area (Å²) in [5.41, 5.74) is 3.41. The van der Waals surface area contributed by atoms with Crippen LogP contribution in [-0.4, -0.2) is 24.8 Å². The van der Waals surface area contributed by atoms with Crippen LogP contribution in [0.3, 0.4) is 0 Å². The first kappa shape index (κ1) is 28.3. The number of ether oxygens (including phenoxy) is 3. The van der Waals surface area contributed by atoms with Gasteiger partial charge in [-0.15, -0.1) is 0 Å². The second kappa shape index (κ2) is 12.1. The van der Waals surface area contributed by atoms with Crippen molar-refractivity contribution >= 4 is 46.0 Å². The van der Waals surface area contributed by atoms with Crippen LogP contribution in [0.4, 0.5) is 0 Å². The van der Waals surface area contributed by atoms with Gasteiger partial charge >= 0.3 is 5.97 Å². The van der Waals surface area contributed by atoms with Crippen LogP contribution in [0.15, 0.2) is 87.8 Å². The van der Waals surface area contributed by atoms with Gasteiger partial charge in [0, 0.05) is 5.56 Å². The Morgan fingerprint density at radius 3 is 2.59 bits per heavy atom. The molecule has 1 unspecified atom stereocenters. The second-order valence-electron chi connectivity index (χ2n) is 9.08. The van der Waals surface area contributed by atoms with Crippen LogP contribution >= 0.6 is 33.9 Å². The minimum Gasteiger partial charge on any atom is -0.493 e. The molecule has 0 saturated heterocycles. The third kappa shape index (κ3) is 5.55. The van der Waals surface area contributed by atoms with Crippen molar-refractivity contribution in [2.45, 2.75) is 19.6 Å². The molecule has 206 valence electrons. The monoisotopic (exact) mass is 677 g/mol. The molecule has 1 atom stereocenters. The molecule has 8 nitrogen and oxygen atoms in total. The zero-order chi connectivity index (χ0) is 29.1. The molecule has 41 heavy (non-hydrogen) atoms. The zero-order valence-corrected chi connectivity index (χ0v) is 25.4. The number of carbonyl (C=O) groups excluding carboxylic acids is 1. The van der Waals surface area contributed by atoms with Crippen LogP contribution in [0.2, 0.25) is 0 Å². The highest BCUT2D eigenvalue weighted by Gasteiger charge is 2.33. The summed E-state index contributed by atoms with van der Waals surface area (Å²) < 4.78 is 19.6. The first-order valence-electron chi connectivity index (χ1n) is 12.5. The van der Waals surface area contributed by atoms with Crippen LogP contribution in [0.5, 0.6) is 11.5 Å². The molecule has 0 aliphatic carbocycles. The van der Waals surface area contributed by atoms with Crippen LogP contribution in [-0.2, 0) is 16.1 Å². The van der Waals surface area contributed by atoms with Gasteiger partial charge in [0.05, 0.1) is 51.3 Å². The Hall–Kier alpha value is -4.21. The van der Waals surface area contributed by atoms with Crippen LogP contribution in [0.1, 0.15) is 35.2 Å². The van der Waals surface area contributed by atoms with Gasteiger partial charge in [0.1, 0.15) is 6.61 Å². The molecule has 2 heterocycles. The maximum atomic E-state index is 13.8. The summed E-state index contributed by atoms with van der Waals surface area (Å²) in [6, 6.07) is 21.9. The number of nitrogens with zero attached hydrogens (tertiary/aromatic N) is 3. The van der Waals surface area contributed by atoms with E-state index in [1.165, 1.54) is 18.4 Å². The lowest BCUT2D eigenvalue weighted by Gasteiger charge is -2.24. The molecular weight excluding hydrogens is 653 g/mol. The van der Waals surface area contributed by atoms with E-state index in [-0.39, 0.29) is 12.2 Å². The summed E-state index contributed by atoms with van der Waals surface area (Å²) in [5.74, 6) is 0.514. The molecule has 0 bridgehead atoms.